The second-order valence-electron chi connectivity index (χ2n) is 4.56. The molecule has 1 fully saturated rings. The van der Waals surface area contributed by atoms with Gasteiger partial charge >= 0.3 is 0 Å². The topological polar surface area (TPSA) is 48.1 Å². The second kappa shape index (κ2) is 5.97. The van der Waals surface area contributed by atoms with Gasteiger partial charge in [-0.15, -0.1) is 0 Å². The molecule has 0 aliphatic heterocycles. The largest absolute Gasteiger partial charge is 0.376 e. The van der Waals surface area contributed by atoms with Gasteiger partial charge < -0.3 is 10.5 Å². The Hall–Kier alpha value is -0.930. The molecule has 1 aliphatic rings. The summed E-state index contributed by atoms with van der Waals surface area (Å²) in [4.78, 5) is 3.98. The lowest BCUT2D eigenvalue weighted by Gasteiger charge is -2.17. The molecule has 2 N–H and O–H groups in total. The van der Waals surface area contributed by atoms with E-state index in [-0.39, 0.29) is 0 Å². The Labute approximate surface area is 97.0 Å². The molecule has 2 atom stereocenters. The van der Waals surface area contributed by atoms with Crippen molar-refractivity contribution >= 4 is 0 Å². The molecular weight excluding hydrogens is 200 g/mol. The van der Waals surface area contributed by atoms with Crippen LogP contribution in [0.15, 0.2) is 24.5 Å². The summed E-state index contributed by atoms with van der Waals surface area (Å²) in [6.07, 6.45) is 7.47. The van der Waals surface area contributed by atoms with E-state index in [2.05, 4.69) is 4.98 Å². The lowest BCUT2D eigenvalue weighted by Crippen LogP contribution is -2.22. The monoisotopic (exact) mass is 220 g/mol. The highest BCUT2D eigenvalue weighted by Gasteiger charge is 2.25. The minimum atomic E-state index is 0.673. The zero-order chi connectivity index (χ0) is 11.2. The third kappa shape index (κ3) is 3.03. The molecule has 16 heavy (non-hydrogen) atoms. The zero-order valence-electron chi connectivity index (χ0n) is 9.64. The van der Waals surface area contributed by atoms with E-state index in [9.17, 15) is 0 Å². The normalized spacial score (nSPS) is 24.8. The molecule has 2 rings (SSSR count). The fourth-order valence-corrected chi connectivity index (χ4v) is 2.45. The van der Waals surface area contributed by atoms with Gasteiger partial charge in [0.2, 0.25) is 0 Å². The predicted molar refractivity (Wildman–Crippen MR) is 63.8 cm³/mol. The van der Waals surface area contributed by atoms with Crippen LogP contribution in [0.4, 0.5) is 0 Å². The zero-order valence-corrected chi connectivity index (χ0v) is 9.64. The minimum Gasteiger partial charge on any atom is -0.376 e. The molecule has 0 aromatic carbocycles. The van der Waals surface area contributed by atoms with Crippen molar-refractivity contribution in [3.05, 3.63) is 30.1 Å². The average molecular weight is 220 g/mol. The first kappa shape index (κ1) is 11.6. The van der Waals surface area contributed by atoms with Crippen LogP contribution in [-0.4, -0.2) is 18.1 Å². The van der Waals surface area contributed by atoms with Crippen LogP contribution in [0.2, 0.25) is 0 Å². The highest BCUT2D eigenvalue weighted by molar-refractivity contribution is 5.07. The summed E-state index contributed by atoms with van der Waals surface area (Å²) in [6.45, 7) is 2.35. The van der Waals surface area contributed by atoms with Crippen molar-refractivity contribution in [3.8, 4) is 0 Å². The lowest BCUT2D eigenvalue weighted by molar-refractivity contribution is 0.0753. The van der Waals surface area contributed by atoms with Crippen LogP contribution in [-0.2, 0) is 11.3 Å². The Morgan fingerprint density at radius 1 is 1.25 bits per heavy atom. The van der Waals surface area contributed by atoms with Gasteiger partial charge in [-0.3, -0.25) is 4.98 Å². The Kier molecular flexibility index (Phi) is 4.31. The molecule has 3 nitrogen and oxygen atoms in total. The quantitative estimate of drug-likeness (QED) is 0.825. The van der Waals surface area contributed by atoms with Crippen molar-refractivity contribution in [2.75, 3.05) is 13.2 Å². The summed E-state index contributed by atoms with van der Waals surface area (Å²) in [5.41, 5.74) is 6.94. The molecule has 1 aliphatic carbocycles. The van der Waals surface area contributed by atoms with Crippen molar-refractivity contribution < 1.29 is 4.74 Å². The third-order valence-corrected chi connectivity index (χ3v) is 3.47. The molecule has 0 amide bonds. The van der Waals surface area contributed by atoms with Crippen molar-refractivity contribution in [2.45, 2.75) is 25.9 Å². The number of nitrogens with zero attached hydrogens (tertiary/aromatic N) is 1. The first-order chi connectivity index (χ1) is 7.90. The van der Waals surface area contributed by atoms with E-state index in [1.165, 1.54) is 24.8 Å². The summed E-state index contributed by atoms with van der Waals surface area (Å²) >= 11 is 0. The van der Waals surface area contributed by atoms with Crippen LogP contribution >= 0.6 is 0 Å². The number of pyridine rings is 1. The van der Waals surface area contributed by atoms with Gasteiger partial charge in [-0.25, -0.2) is 0 Å². The number of hydrogen-bond donors (Lipinski definition) is 1. The number of ether oxygens (including phenoxy) is 1. The molecular formula is C13H20N2O. The first-order valence-corrected chi connectivity index (χ1v) is 6.07. The standard InChI is InChI=1S/C13H20N2O/c14-8-12-2-1-3-13(12)10-16-9-11-4-6-15-7-5-11/h4-7,12-13H,1-3,8-10,14H2. The van der Waals surface area contributed by atoms with Gasteiger partial charge in [-0.05, 0) is 48.9 Å². The summed E-state index contributed by atoms with van der Waals surface area (Å²) in [7, 11) is 0. The maximum Gasteiger partial charge on any atom is 0.0718 e. The van der Waals surface area contributed by atoms with E-state index in [0.717, 1.165) is 13.2 Å². The first-order valence-electron chi connectivity index (χ1n) is 6.07. The van der Waals surface area contributed by atoms with Crippen LogP contribution in [0, 0.1) is 11.8 Å². The van der Waals surface area contributed by atoms with Gasteiger partial charge in [-0.2, -0.15) is 0 Å². The summed E-state index contributed by atoms with van der Waals surface area (Å²) in [5.74, 6) is 1.35. The summed E-state index contributed by atoms with van der Waals surface area (Å²) in [6, 6.07) is 3.99. The van der Waals surface area contributed by atoms with E-state index in [0.29, 0.717) is 18.4 Å². The van der Waals surface area contributed by atoms with Crippen LogP contribution in [0.1, 0.15) is 24.8 Å². The van der Waals surface area contributed by atoms with E-state index in [1.807, 2.05) is 12.1 Å². The molecule has 1 aromatic rings. The number of hydrogen-bond acceptors (Lipinski definition) is 3. The third-order valence-electron chi connectivity index (χ3n) is 3.47. The fourth-order valence-electron chi connectivity index (χ4n) is 2.45. The smallest absolute Gasteiger partial charge is 0.0718 e. The molecule has 3 heteroatoms. The molecule has 1 heterocycles. The summed E-state index contributed by atoms with van der Waals surface area (Å²) in [5, 5.41) is 0. The van der Waals surface area contributed by atoms with Crippen LogP contribution in [0.3, 0.4) is 0 Å². The molecule has 0 spiro atoms. The summed E-state index contributed by atoms with van der Waals surface area (Å²) < 4.78 is 5.75. The van der Waals surface area contributed by atoms with E-state index in [4.69, 9.17) is 10.5 Å². The number of rotatable bonds is 5. The lowest BCUT2D eigenvalue weighted by atomic mass is 9.97. The van der Waals surface area contributed by atoms with Gasteiger partial charge in [0.05, 0.1) is 13.2 Å². The molecule has 2 unspecified atom stereocenters. The maximum atomic E-state index is 5.75. The number of nitrogens with two attached hydrogens (primary N) is 1. The highest BCUT2D eigenvalue weighted by Crippen LogP contribution is 2.31. The van der Waals surface area contributed by atoms with Gasteiger partial charge in [0.1, 0.15) is 0 Å². The molecule has 88 valence electrons. The van der Waals surface area contributed by atoms with Crippen molar-refractivity contribution in [2.24, 2.45) is 17.6 Å². The van der Waals surface area contributed by atoms with Crippen molar-refractivity contribution in [3.63, 3.8) is 0 Å². The van der Waals surface area contributed by atoms with Crippen LogP contribution < -0.4 is 5.73 Å². The van der Waals surface area contributed by atoms with Crippen molar-refractivity contribution in [1.29, 1.82) is 0 Å². The predicted octanol–water partition coefficient (Wildman–Crippen LogP) is 1.97. The Bertz CT molecular complexity index is 302. The molecule has 0 bridgehead atoms. The maximum absolute atomic E-state index is 5.75. The van der Waals surface area contributed by atoms with E-state index < -0.39 is 0 Å². The van der Waals surface area contributed by atoms with Crippen molar-refractivity contribution in [1.82, 2.24) is 4.98 Å². The SMILES string of the molecule is NCC1CCCC1COCc1ccncc1. The van der Waals surface area contributed by atoms with E-state index >= 15 is 0 Å². The van der Waals surface area contributed by atoms with Gasteiger partial charge in [-0.1, -0.05) is 6.42 Å². The molecule has 1 aromatic heterocycles. The van der Waals surface area contributed by atoms with Gasteiger partial charge in [0.15, 0.2) is 0 Å². The Balaban J connectivity index is 1.72. The minimum absolute atomic E-state index is 0.673. The van der Waals surface area contributed by atoms with Gasteiger partial charge in [0.25, 0.3) is 0 Å². The van der Waals surface area contributed by atoms with Gasteiger partial charge in [0, 0.05) is 12.4 Å². The fraction of sp³-hybridized carbons (Fsp3) is 0.615. The Morgan fingerprint density at radius 3 is 2.75 bits per heavy atom. The highest BCUT2D eigenvalue weighted by atomic mass is 16.5. The molecule has 0 saturated heterocycles. The number of aromatic nitrogens is 1. The van der Waals surface area contributed by atoms with E-state index in [1.54, 1.807) is 12.4 Å². The molecule has 1 saturated carbocycles. The van der Waals surface area contributed by atoms with Crippen LogP contribution in [0.5, 0.6) is 0 Å². The van der Waals surface area contributed by atoms with Crippen LogP contribution in [0.25, 0.3) is 0 Å². The Morgan fingerprint density at radius 2 is 2.00 bits per heavy atom. The molecule has 0 radical (unpaired) electrons. The second-order valence-corrected chi connectivity index (χ2v) is 4.56. The average Bonchev–Trinajstić information content (AvgIpc) is 2.78.